The summed E-state index contributed by atoms with van der Waals surface area (Å²) < 4.78 is 14.0. The average molecular weight is 447 g/mol. The van der Waals surface area contributed by atoms with Crippen LogP contribution in [0.1, 0.15) is 40.6 Å². The van der Waals surface area contributed by atoms with Gasteiger partial charge in [0.1, 0.15) is 12.0 Å². The predicted molar refractivity (Wildman–Crippen MR) is 109 cm³/mol. The molecule has 0 saturated carbocycles. The molecule has 4 nitrogen and oxygen atoms in total. The van der Waals surface area contributed by atoms with E-state index >= 15 is 0 Å². The number of halogens is 2. The number of nitrogens with zero attached hydrogens (tertiary/aromatic N) is 2. The lowest BCUT2D eigenvalue weighted by molar-refractivity contribution is -0.00354. The van der Waals surface area contributed by atoms with E-state index in [4.69, 9.17) is 0 Å². The Morgan fingerprint density at radius 1 is 1.14 bits per heavy atom. The van der Waals surface area contributed by atoms with Crippen molar-refractivity contribution in [2.24, 2.45) is 5.92 Å². The van der Waals surface area contributed by atoms with Gasteiger partial charge < -0.3 is 5.11 Å². The maximum absolute atomic E-state index is 13.0. The molecule has 6 heteroatoms. The van der Waals surface area contributed by atoms with Crippen LogP contribution in [-0.4, -0.2) is 46.9 Å². The number of ketones is 1. The summed E-state index contributed by atoms with van der Waals surface area (Å²) >= 11 is 3.48. The molecule has 0 aromatic heterocycles. The van der Waals surface area contributed by atoms with Gasteiger partial charge in [-0.15, -0.1) is 0 Å². The third-order valence-electron chi connectivity index (χ3n) is 5.84. The maximum atomic E-state index is 13.0. The molecule has 2 heterocycles. The molecule has 0 spiro atoms. The Morgan fingerprint density at radius 2 is 1.86 bits per heavy atom. The molecular formula is C22H24BrFN2O2. The summed E-state index contributed by atoms with van der Waals surface area (Å²) in [5, 5.41) is 10.6. The number of carbonyl (C=O) groups is 1. The number of rotatable bonds is 5. The van der Waals surface area contributed by atoms with Crippen LogP contribution in [0, 0.1) is 11.7 Å². The predicted octanol–water partition coefficient (Wildman–Crippen LogP) is 3.99. The van der Waals surface area contributed by atoms with E-state index < -0.39 is 6.23 Å². The van der Waals surface area contributed by atoms with Gasteiger partial charge in [-0.1, -0.05) is 22.0 Å². The van der Waals surface area contributed by atoms with E-state index in [-0.39, 0.29) is 11.6 Å². The number of aliphatic hydroxyl groups excluding tert-OH is 1. The molecule has 2 aromatic rings. The number of piperidine rings is 1. The Bertz CT molecular complexity index is 850. The minimum absolute atomic E-state index is 0.0365. The number of likely N-dealkylation sites (tertiary alicyclic amines) is 1. The molecular weight excluding hydrogens is 423 g/mol. The zero-order chi connectivity index (χ0) is 19.7. The number of Topliss-reactive ketones (excluding diaryl/α,β-unsaturated/α-hetero) is 1. The van der Waals surface area contributed by atoms with Crippen LogP contribution in [-0.2, 0) is 6.54 Å². The van der Waals surface area contributed by atoms with Gasteiger partial charge in [0.05, 0.1) is 6.54 Å². The Hall–Kier alpha value is -1.60. The van der Waals surface area contributed by atoms with Gasteiger partial charge in [0.2, 0.25) is 0 Å². The Labute approximate surface area is 173 Å². The largest absolute Gasteiger partial charge is 0.374 e. The fraction of sp³-hybridized carbons (Fsp3) is 0.409. The smallest absolute Gasteiger partial charge is 0.176 e. The van der Waals surface area contributed by atoms with Crippen molar-refractivity contribution in [3.8, 4) is 0 Å². The lowest BCUT2D eigenvalue weighted by Crippen LogP contribution is -2.40. The fourth-order valence-corrected chi connectivity index (χ4v) is 4.58. The molecule has 0 amide bonds. The summed E-state index contributed by atoms with van der Waals surface area (Å²) in [5.41, 5.74) is 2.75. The zero-order valence-electron chi connectivity index (χ0n) is 15.7. The van der Waals surface area contributed by atoms with Crippen LogP contribution in [0.25, 0.3) is 0 Å². The van der Waals surface area contributed by atoms with Crippen LogP contribution in [0.2, 0.25) is 0 Å². The number of aliphatic hydroxyl groups is 1. The first-order valence-electron chi connectivity index (χ1n) is 9.71. The third-order valence-corrected chi connectivity index (χ3v) is 6.33. The first-order chi connectivity index (χ1) is 13.5. The number of fused-ring (bicyclic) bond motifs is 1. The molecule has 148 valence electrons. The highest BCUT2D eigenvalue weighted by Crippen LogP contribution is 2.35. The van der Waals surface area contributed by atoms with Crippen molar-refractivity contribution in [3.63, 3.8) is 0 Å². The van der Waals surface area contributed by atoms with E-state index in [1.54, 1.807) is 12.1 Å². The lowest BCUT2D eigenvalue weighted by atomic mass is 9.95. The monoisotopic (exact) mass is 446 g/mol. The normalized spacial score (nSPS) is 21.0. The first-order valence-corrected chi connectivity index (χ1v) is 10.5. The molecule has 1 unspecified atom stereocenters. The number of hydrogen-bond acceptors (Lipinski definition) is 4. The summed E-state index contributed by atoms with van der Waals surface area (Å²) in [5.74, 6) is 0.231. The summed E-state index contributed by atoms with van der Waals surface area (Å²) in [6.45, 7) is 3.78. The third kappa shape index (κ3) is 4.35. The van der Waals surface area contributed by atoms with Gasteiger partial charge in [-0.05, 0) is 73.8 Å². The van der Waals surface area contributed by atoms with Crippen LogP contribution in [0.4, 0.5) is 4.39 Å². The first kappa shape index (κ1) is 19.7. The standard InChI is InChI=1S/C22H24BrFN2O2/c23-18-4-1-17-13-26(22(28)20(17)11-18)12-15-7-9-25(10-8-15)14-21(27)16-2-5-19(24)6-3-16/h1-6,11,15,22,28H,7-10,12-14H2. The van der Waals surface area contributed by atoms with Gasteiger partial charge in [0, 0.05) is 28.7 Å². The van der Waals surface area contributed by atoms with Crippen molar-refractivity contribution in [1.82, 2.24) is 9.80 Å². The van der Waals surface area contributed by atoms with Gasteiger partial charge in [0.15, 0.2) is 5.78 Å². The summed E-state index contributed by atoms with van der Waals surface area (Å²) in [6.07, 6.45) is 1.49. The highest BCUT2D eigenvalue weighted by Gasteiger charge is 2.31. The second kappa shape index (κ2) is 8.41. The molecule has 2 aliphatic heterocycles. The highest BCUT2D eigenvalue weighted by molar-refractivity contribution is 9.10. The molecule has 2 aliphatic rings. The maximum Gasteiger partial charge on any atom is 0.176 e. The summed E-state index contributed by atoms with van der Waals surface area (Å²) in [4.78, 5) is 16.7. The SMILES string of the molecule is O=C(CN1CCC(CN2Cc3ccc(Br)cc3C2O)CC1)c1ccc(F)cc1. The van der Waals surface area contributed by atoms with Gasteiger partial charge in [-0.2, -0.15) is 0 Å². The summed E-state index contributed by atoms with van der Waals surface area (Å²) in [7, 11) is 0. The van der Waals surface area contributed by atoms with Crippen molar-refractivity contribution in [1.29, 1.82) is 0 Å². The quantitative estimate of drug-likeness (QED) is 0.705. The van der Waals surface area contributed by atoms with Gasteiger partial charge in [-0.3, -0.25) is 14.6 Å². The van der Waals surface area contributed by atoms with Crippen molar-refractivity contribution in [2.45, 2.75) is 25.6 Å². The lowest BCUT2D eigenvalue weighted by Gasteiger charge is -2.34. The van der Waals surface area contributed by atoms with Gasteiger partial charge in [0.25, 0.3) is 0 Å². The molecule has 1 N–H and O–H groups in total. The Morgan fingerprint density at radius 3 is 2.57 bits per heavy atom. The van der Waals surface area contributed by atoms with Crippen LogP contribution in [0.5, 0.6) is 0 Å². The number of hydrogen-bond donors (Lipinski definition) is 1. The fourth-order valence-electron chi connectivity index (χ4n) is 4.21. The van der Waals surface area contributed by atoms with Crippen LogP contribution in [0.3, 0.4) is 0 Å². The molecule has 1 saturated heterocycles. The number of benzene rings is 2. The average Bonchev–Trinajstić information content (AvgIpc) is 2.99. The van der Waals surface area contributed by atoms with Crippen molar-refractivity contribution < 1.29 is 14.3 Å². The molecule has 1 atom stereocenters. The molecule has 0 bridgehead atoms. The Balaban J connectivity index is 1.27. The van der Waals surface area contributed by atoms with Crippen LogP contribution < -0.4 is 0 Å². The van der Waals surface area contributed by atoms with Crippen LogP contribution in [0.15, 0.2) is 46.9 Å². The molecule has 1 fully saturated rings. The van der Waals surface area contributed by atoms with Crippen LogP contribution >= 0.6 is 15.9 Å². The topological polar surface area (TPSA) is 43.8 Å². The van der Waals surface area contributed by atoms with E-state index in [0.717, 1.165) is 49.1 Å². The Kier molecular flexibility index (Phi) is 5.92. The molecule has 2 aromatic carbocycles. The van der Waals surface area contributed by atoms with E-state index in [2.05, 4.69) is 31.8 Å². The van der Waals surface area contributed by atoms with Gasteiger partial charge >= 0.3 is 0 Å². The molecule has 28 heavy (non-hydrogen) atoms. The van der Waals surface area contributed by atoms with E-state index in [1.807, 2.05) is 12.1 Å². The molecule has 4 rings (SSSR count). The molecule has 0 aliphatic carbocycles. The number of carbonyl (C=O) groups excluding carboxylic acids is 1. The van der Waals surface area contributed by atoms with Gasteiger partial charge in [-0.25, -0.2) is 4.39 Å². The minimum Gasteiger partial charge on any atom is -0.374 e. The zero-order valence-corrected chi connectivity index (χ0v) is 17.2. The van der Waals surface area contributed by atoms with Crippen molar-refractivity contribution >= 4 is 21.7 Å². The second-order valence-corrected chi connectivity index (χ2v) is 8.71. The summed E-state index contributed by atoms with van der Waals surface area (Å²) in [6, 6.07) is 11.9. The highest BCUT2D eigenvalue weighted by atomic mass is 79.9. The second-order valence-electron chi connectivity index (χ2n) is 7.80. The van der Waals surface area contributed by atoms with Crippen molar-refractivity contribution in [3.05, 3.63) is 69.4 Å². The van der Waals surface area contributed by atoms with Crippen molar-refractivity contribution in [2.75, 3.05) is 26.2 Å². The molecule has 0 radical (unpaired) electrons. The minimum atomic E-state index is -0.536. The van der Waals surface area contributed by atoms with E-state index in [9.17, 15) is 14.3 Å². The van der Waals surface area contributed by atoms with E-state index in [0.29, 0.717) is 18.0 Å². The van der Waals surface area contributed by atoms with E-state index in [1.165, 1.54) is 17.7 Å².